The first-order chi connectivity index (χ1) is 8.73. The van der Waals surface area contributed by atoms with E-state index in [-0.39, 0.29) is 38.1 Å². The molecular formula is C18H19Y-. The van der Waals surface area contributed by atoms with Gasteiger partial charge in [0, 0.05) is 32.7 Å². The van der Waals surface area contributed by atoms with Gasteiger partial charge < -0.3 is 0 Å². The summed E-state index contributed by atoms with van der Waals surface area (Å²) in [6, 6.07) is 16.6. The van der Waals surface area contributed by atoms with Crippen LogP contribution in [0.3, 0.4) is 0 Å². The maximum absolute atomic E-state index is 3.27. The minimum Gasteiger partial charge on any atom is -0.183 e. The largest absolute Gasteiger partial charge is 0.183 e. The third-order valence-corrected chi connectivity index (χ3v) is 4.57. The van der Waals surface area contributed by atoms with E-state index < -0.39 is 0 Å². The fraction of sp³-hybridized carbons (Fsp3) is 0.333. The Morgan fingerprint density at radius 3 is 2.37 bits per heavy atom. The fourth-order valence-corrected chi connectivity index (χ4v) is 3.51. The molecule has 2 aromatic rings. The molecular weight excluding hydrogens is 305 g/mol. The van der Waals surface area contributed by atoms with Crippen molar-refractivity contribution in [3.05, 3.63) is 59.2 Å². The van der Waals surface area contributed by atoms with Gasteiger partial charge in [-0.15, -0.1) is 11.1 Å². The van der Waals surface area contributed by atoms with Crippen molar-refractivity contribution < 1.29 is 32.7 Å². The van der Waals surface area contributed by atoms with Crippen LogP contribution in [0.5, 0.6) is 0 Å². The van der Waals surface area contributed by atoms with Crippen LogP contribution >= 0.6 is 0 Å². The molecule has 0 aliphatic heterocycles. The van der Waals surface area contributed by atoms with E-state index in [1.807, 2.05) is 6.07 Å². The predicted octanol–water partition coefficient (Wildman–Crippen LogP) is 4.88. The minimum atomic E-state index is 0. The van der Waals surface area contributed by atoms with E-state index in [2.05, 4.69) is 57.2 Å². The third kappa shape index (κ3) is 2.04. The maximum atomic E-state index is 3.27. The summed E-state index contributed by atoms with van der Waals surface area (Å²) in [5, 5.41) is 0. The molecule has 0 amide bonds. The summed E-state index contributed by atoms with van der Waals surface area (Å²) in [5.74, 6) is 0. The maximum Gasteiger partial charge on any atom is 0 e. The topological polar surface area (TPSA) is 0 Å². The molecule has 0 N–H and O–H groups in total. The predicted molar refractivity (Wildman–Crippen MR) is 76.8 cm³/mol. The second-order valence-electron chi connectivity index (χ2n) is 5.31. The standard InChI is InChI=1S/C18H19.Y/c1-4-18(5-2)16-9-7-6-8-14(16)15-11-10-13(3)12-17(15)18;/h6,8-12H,4-5H2,1-3H3;/q-1;. The molecule has 0 aromatic heterocycles. The molecule has 1 aliphatic carbocycles. The van der Waals surface area contributed by atoms with Crippen LogP contribution in [0, 0.1) is 13.0 Å². The van der Waals surface area contributed by atoms with Crippen molar-refractivity contribution in [3.63, 3.8) is 0 Å². The molecule has 0 atom stereocenters. The van der Waals surface area contributed by atoms with Gasteiger partial charge in [0.2, 0.25) is 0 Å². The Balaban J connectivity index is 0.00000133. The minimum absolute atomic E-state index is 0. The molecule has 95 valence electrons. The number of hydrogen-bond acceptors (Lipinski definition) is 0. The number of rotatable bonds is 2. The monoisotopic (exact) mass is 324 g/mol. The van der Waals surface area contributed by atoms with Gasteiger partial charge in [0.05, 0.1) is 0 Å². The van der Waals surface area contributed by atoms with Crippen molar-refractivity contribution in [1.29, 1.82) is 0 Å². The van der Waals surface area contributed by atoms with Gasteiger partial charge in [0.15, 0.2) is 0 Å². The van der Waals surface area contributed by atoms with Crippen LogP contribution in [0.1, 0.15) is 43.4 Å². The Bertz CT molecular complexity index is 594. The Morgan fingerprint density at radius 2 is 1.68 bits per heavy atom. The van der Waals surface area contributed by atoms with Gasteiger partial charge in [0.1, 0.15) is 0 Å². The summed E-state index contributed by atoms with van der Waals surface area (Å²) < 4.78 is 0. The molecule has 1 radical (unpaired) electrons. The molecule has 0 spiro atoms. The molecule has 0 heterocycles. The Labute approximate surface area is 141 Å². The van der Waals surface area contributed by atoms with Crippen molar-refractivity contribution >= 4 is 0 Å². The summed E-state index contributed by atoms with van der Waals surface area (Å²) in [6.07, 6.45) is 2.32. The molecule has 19 heavy (non-hydrogen) atoms. The molecule has 0 saturated carbocycles. The third-order valence-electron chi connectivity index (χ3n) is 4.57. The van der Waals surface area contributed by atoms with Gasteiger partial charge in [0.25, 0.3) is 0 Å². The molecule has 0 fully saturated rings. The molecule has 1 aliphatic rings. The van der Waals surface area contributed by atoms with Gasteiger partial charge in [-0.1, -0.05) is 50.5 Å². The average molecular weight is 324 g/mol. The molecule has 0 saturated heterocycles. The number of aryl methyl sites for hydroxylation is 1. The van der Waals surface area contributed by atoms with E-state index in [0.717, 1.165) is 12.8 Å². The smallest absolute Gasteiger partial charge is 0 e. The second kappa shape index (κ2) is 5.50. The Kier molecular flexibility index (Phi) is 4.33. The summed E-state index contributed by atoms with van der Waals surface area (Å²) in [6.45, 7) is 6.79. The molecule has 1 heteroatoms. The molecule has 0 nitrogen and oxygen atoms in total. The summed E-state index contributed by atoms with van der Waals surface area (Å²) in [7, 11) is 0. The zero-order valence-corrected chi connectivity index (χ0v) is 14.8. The number of benzene rings is 2. The average Bonchev–Trinajstić information content (AvgIpc) is 2.68. The SMILES string of the molecule is CCC1(CC)c2c[c-]ccc2-c2ccc(C)cc21.[Y]. The van der Waals surface area contributed by atoms with E-state index in [1.54, 1.807) is 0 Å². The van der Waals surface area contributed by atoms with Gasteiger partial charge in [-0.25, -0.2) is 0 Å². The van der Waals surface area contributed by atoms with E-state index in [1.165, 1.54) is 27.8 Å². The van der Waals surface area contributed by atoms with E-state index in [4.69, 9.17) is 0 Å². The van der Waals surface area contributed by atoms with Crippen molar-refractivity contribution in [2.75, 3.05) is 0 Å². The van der Waals surface area contributed by atoms with Crippen molar-refractivity contribution in [2.45, 2.75) is 39.0 Å². The quantitative estimate of drug-likeness (QED) is 0.691. The van der Waals surface area contributed by atoms with E-state index in [9.17, 15) is 0 Å². The normalized spacial score (nSPS) is 14.5. The van der Waals surface area contributed by atoms with Gasteiger partial charge >= 0.3 is 0 Å². The molecule has 0 bridgehead atoms. The van der Waals surface area contributed by atoms with Crippen LogP contribution in [0.2, 0.25) is 0 Å². The van der Waals surface area contributed by atoms with Gasteiger partial charge in [-0.2, -0.15) is 24.3 Å². The van der Waals surface area contributed by atoms with Gasteiger partial charge in [-0.05, 0) is 23.5 Å². The second-order valence-corrected chi connectivity index (χ2v) is 5.31. The zero-order valence-electron chi connectivity index (χ0n) is 12.0. The van der Waals surface area contributed by atoms with Crippen LogP contribution in [-0.2, 0) is 38.1 Å². The Morgan fingerprint density at radius 1 is 1.00 bits per heavy atom. The fourth-order valence-electron chi connectivity index (χ4n) is 3.51. The van der Waals surface area contributed by atoms with E-state index >= 15 is 0 Å². The van der Waals surface area contributed by atoms with Crippen LogP contribution in [0.25, 0.3) is 11.1 Å². The summed E-state index contributed by atoms with van der Waals surface area (Å²) in [5.41, 5.74) is 7.38. The molecule has 2 aromatic carbocycles. The first kappa shape index (κ1) is 14.9. The van der Waals surface area contributed by atoms with Crippen molar-refractivity contribution in [3.8, 4) is 11.1 Å². The Hall–Kier alpha value is -0.456. The van der Waals surface area contributed by atoms with Crippen LogP contribution in [0.15, 0.2) is 36.4 Å². The summed E-state index contributed by atoms with van der Waals surface area (Å²) in [4.78, 5) is 0. The molecule has 0 unspecified atom stereocenters. The van der Waals surface area contributed by atoms with Crippen molar-refractivity contribution in [2.24, 2.45) is 0 Å². The number of hydrogen-bond donors (Lipinski definition) is 0. The van der Waals surface area contributed by atoms with Crippen LogP contribution in [0.4, 0.5) is 0 Å². The van der Waals surface area contributed by atoms with Gasteiger partial charge in [-0.3, -0.25) is 0 Å². The van der Waals surface area contributed by atoms with Crippen molar-refractivity contribution in [1.82, 2.24) is 0 Å². The summed E-state index contributed by atoms with van der Waals surface area (Å²) >= 11 is 0. The molecule has 3 rings (SSSR count). The first-order valence-corrected chi connectivity index (χ1v) is 6.85. The first-order valence-electron chi connectivity index (χ1n) is 6.85. The van der Waals surface area contributed by atoms with Crippen LogP contribution < -0.4 is 0 Å². The number of fused-ring (bicyclic) bond motifs is 3. The van der Waals surface area contributed by atoms with Crippen LogP contribution in [-0.4, -0.2) is 0 Å². The van der Waals surface area contributed by atoms with E-state index in [0.29, 0.717) is 0 Å². The zero-order chi connectivity index (χ0) is 12.8.